The van der Waals surface area contributed by atoms with Crippen LogP contribution in [-0.2, 0) is 16.0 Å². The Morgan fingerprint density at radius 3 is 2.60 bits per heavy atom. The number of phenolic OH excluding ortho intramolecular Hbond substituents is 1. The van der Waals surface area contributed by atoms with E-state index in [9.17, 15) is 14.7 Å². The highest BCUT2D eigenvalue weighted by Crippen LogP contribution is 2.31. The van der Waals surface area contributed by atoms with Gasteiger partial charge in [-0.25, -0.2) is 0 Å². The first-order valence-electron chi connectivity index (χ1n) is 9.54. The summed E-state index contributed by atoms with van der Waals surface area (Å²) >= 11 is 6.55. The summed E-state index contributed by atoms with van der Waals surface area (Å²) < 4.78 is 0.469. The van der Waals surface area contributed by atoms with Crippen LogP contribution < -0.4 is 5.32 Å². The van der Waals surface area contributed by atoms with Crippen LogP contribution in [0.3, 0.4) is 0 Å². The third kappa shape index (κ3) is 6.30. The van der Waals surface area contributed by atoms with Crippen molar-refractivity contribution in [3.63, 3.8) is 0 Å². The van der Waals surface area contributed by atoms with E-state index < -0.39 is 0 Å². The molecule has 2 amide bonds. The lowest BCUT2D eigenvalue weighted by atomic mass is 10.1. The lowest BCUT2D eigenvalue weighted by Gasteiger charge is -2.14. The first-order valence-corrected chi connectivity index (χ1v) is 10.8. The molecule has 2 aromatic rings. The van der Waals surface area contributed by atoms with E-state index in [4.69, 9.17) is 12.2 Å². The average Bonchev–Trinajstić information content (AvgIpc) is 3.01. The first-order chi connectivity index (χ1) is 14.5. The van der Waals surface area contributed by atoms with Gasteiger partial charge in [0.1, 0.15) is 10.1 Å². The minimum absolute atomic E-state index is 0.129. The number of hydrogen-bond acceptors (Lipinski definition) is 5. The Morgan fingerprint density at radius 2 is 1.87 bits per heavy atom. The Labute approximate surface area is 185 Å². The summed E-state index contributed by atoms with van der Waals surface area (Å²) in [6.07, 6.45) is 6.37. The molecule has 154 valence electrons. The summed E-state index contributed by atoms with van der Waals surface area (Å²) in [5.41, 5.74) is 2.08. The summed E-state index contributed by atoms with van der Waals surface area (Å²) in [6, 6.07) is 16.7. The topological polar surface area (TPSA) is 69.6 Å². The zero-order valence-electron chi connectivity index (χ0n) is 16.3. The molecule has 0 spiro atoms. The van der Waals surface area contributed by atoms with E-state index in [1.807, 2.05) is 54.6 Å². The van der Waals surface area contributed by atoms with Gasteiger partial charge in [0.2, 0.25) is 5.91 Å². The molecule has 30 heavy (non-hydrogen) atoms. The molecule has 3 rings (SSSR count). The van der Waals surface area contributed by atoms with Crippen molar-refractivity contribution in [2.24, 2.45) is 0 Å². The average molecular weight is 439 g/mol. The van der Waals surface area contributed by atoms with Gasteiger partial charge in [0.25, 0.3) is 5.91 Å². The van der Waals surface area contributed by atoms with Crippen LogP contribution in [0.5, 0.6) is 5.75 Å². The molecule has 0 aromatic heterocycles. The monoisotopic (exact) mass is 438 g/mol. The van der Waals surface area contributed by atoms with E-state index >= 15 is 0 Å². The zero-order chi connectivity index (χ0) is 21.3. The molecule has 1 heterocycles. The quantitative estimate of drug-likeness (QED) is 0.483. The van der Waals surface area contributed by atoms with Crippen molar-refractivity contribution in [1.82, 2.24) is 10.2 Å². The number of hydrogen-bond donors (Lipinski definition) is 2. The van der Waals surface area contributed by atoms with Crippen LogP contribution in [0.2, 0.25) is 0 Å². The molecule has 1 saturated heterocycles. The molecule has 0 radical (unpaired) electrons. The van der Waals surface area contributed by atoms with Crippen molar-refractivity contribution >= 4 is 46.2 Å². The lowest BCUT2D eigenvalue weighted by molar-refractivity contribution is -0.123. The lowest BCUT2D eigenvalue weighted by Crippen LogP contribution is -2.34. The second-order valence-electron chi connectivity index (χ2n) is 6.64. The molecule has 0 unspecified atom stereocenters. The number of carbonyl (C=O) groups excluding carboxylic acids is 2. The van der Waals surface area contributed by atoms with Gasteiger partial charge in [-0.1, -0.05) is 78.6 Å². The van der Waals surface area contributed by atoms with E-state index in [2.05, 4.69) is 5.32 Å². The number of thiocarbonyl (C=S) groups is 1. The molecule has 0 bridgehead atoms. The minimum atomic E-state index is -0.167. The third-order valence-corrected chi connectivity index (χ3v) is 5.84. The largest absolute Gasteiger partial charge is 0.508 e. The fourth-order valence-electron chi connectivity index (χ4n) is 2.83. The van der Waals surface area contributed by atoms with E-state index in [0.29, 0.717) is 22.2 Å². The number of phenols is 1. The Morgan fingerprint density at radius 1 is 1.13 bits per heavy atom. The molecule has 0 aliphatic carbocycles. The van der Waals surface area contributed by atoms with E-state index in [0.717, 1.165) is 11.1 Å². The maximum atomic E-state index is 12.6. The maximum absolute atomic E-state index is 12.6. The number of aromatic hydroxyl groups is 1. The minimum Gasteiger partial charge on any atom is -0.508 e. The van der Waals surface area contributed by atoms with Crippen LogP contribution in [0.4, 0.5) is 0 Å². The fourth-order valence-corrected chi connectivity index (χ4v) is 4.09. The maximum Gasteiger partial charge on any atom is 0.266 e. The van der Waals surface area contributed by atoms with Crippen LogP contribution in [0.25, 0.3) is 6.08 Å². The number of nitrogens with zero attached hydrogens (tertiary/aromatic N) is 1. The second kappa shape index (κ2) is 10.8. The van der Waals surface area contributed by atoms with Gasteiger partial charge >= 0.3 is 0 Å². The van der Waals surface area contributed by atoms with E-state index in [1.165, 1.54) is 16.7 Å². The molecule has 1 fully saturated rings. The van der Waals surface area contributed by atoms with Crippen molar-refractivity contribution in [3.05, 3.63) is 82.8 Å². The summed E-state index contributed by atoms with van der Waals surface area (Å²) in [5.74, 6) is -0.0775. The highest BCUT2D eigenvalue weighted by atomic mass is 32.2. The van der Waals surface area contributed by atoms with Crippen molar-refractivity contribution in [2.75, 3.05) is 13.1 Å². The SMILES string of the molecule is O=C(CCN1C(=O)C(=CC=Cc2ccccc2)SC1=S)NCCc1ccc(O)cc1. The third-order valence-electron chi connectivity index (χ3n) is 4.44. The number of thioether (sulfide) groups is 1. The molecule has 2 aromatic carbocycles. The summed E-state index contributed by atoms with van der Waals surface area (Å²) in [7, 11) is 0. The normalized spacial score (nSPS) is 15.3. The van der Waals surface area contributed by atoms with Crippen molar-refractivity contribution < 1.29 is 14.7 Å². The number of allylic oxidation sites excluding steroid dienone is 2. The molecule has 0 saturated carbocycles. The van der Waals surface area contributed by atoms with E-state index in [-0.39, 0.29) is 30.5 Å². The van der Waals surface area contributed by atoms with Crippen LogP contribution >= 0.6 is 24.0 Å². The van der Waals surface area contributed by atoms with Gasteiger partial charge in [0, 0.05) is 19.5 Å². The fraction of sp³-hybridized carbons (Fsp3) is 0.174. The van der Waals surface area contributed by atoms with Gasteiger partial charge < -0.3 is 10.4 Å². The molecule has 0 atom stereocenters. The molecule has 1 aliphatic heterocycles. The predicted molar refractivity (Wildman–Crippen MR) is 125 cm³/mol. The highest BCUT2D eigenvalue weighted by molar-refractivity contribution is 8.26. The van der Waals surface area contributed by atoms with Crippen molar-refractivity contribution in [2.45, 2.75) is 12.8 Å². The van der Waals surface area contributed by atoms with Crippen LogP contribution in [0, 0.1) is 0 Å². The Hall–Kier alpha value is -2.90. The van der Waals surface area contributed by atoms with Crippen LogP contribution in [0.1, 0.15) is 17.5 Å². The summed E-state index contributed by atoms with van der Waals surface area (Å²) in [4.78, 5) is 26.7. The molecule has 7 heteroatoms. The Balaban J connectivity index is 1.44. The molecular formula is C23H22N2O3S2. The molecule has 1 aliphatic rings. The Bertz CT molecular complexity index is 970. The van der Waals surface area contributed by atoms with E-state index in [1.54, 1.807) is 18.2 Å². The van der Waals surface area contributed by atoms with Gasteiger partial charge in [-0.2, -0.15) is 0 Å². The number of rotatable bonds is 8. The highest BCUT2D eigenvalue weighted by Gasteiger charge is 2.31. The standard InChI is InChI=1S/C23H22N2O3S2/c26-19-11-9-18(10-12-19)13-15-24-21(27)14-16-25-22(28)20(30-23(25)29)8-4-7-17-5-2-1-3-6-17/h1-12,26H,13-16H2,(H,24,27). The van der Waals surface area contributed by atoms with Crippen molar-refractivity contribution in [3.8, 4) is 5.75 Å². The Kier molecular flexibility index (Phi) is 7.82. The summed E-state index contributed by atoms with van der Waals surface area (Å²) in [6.45, 7) is 0.752. The zero-order valence-corrected chi connectivity index (χ0v) is 17.9. The van der Waals surface area contributed by atoms with Gasteiger partial charge in [0.05, 0.1) is 4.91 Å². The molecular weight excluding hydrogens is 416 g/mol. The van der Waals surface area contributed by atoms with Crippen LogP contribution in [-0.4, -0.2) is 39.2 Å². The first kappa shape index (κ1) is 21.8. The van der Waals surface area contributed by atoms with Gasteiger partial charge in [-0.15, -0.1) is 0 Å². The van der Waals surface area contributed by atoms with Gasteiger partial charge in [-0.3, -0.25) is 14.5 Å². The number of amides is 2. The van der Waals surface area contributed by atoms with Gasteiger partial charge in [0.15, 0.2) is 0 Å². The number of carbonyl (C=O) groups is 2. The van der Waals surface area contributed by atoms with Crippen molar-refractivity contribution in [1.29, 1.82) is 0 Å². The molecule has 5 nitrogen and oxygen atoms in total. The number of benzene rings is 2. The number of nitrogens with one attached hydrogen (secondary N) is 1. The summed E-state index contributed by atoms with van der Waals surface area (Å²) in [5, 5.41) is 12.1. The van der Waals surface area contributed by atoms with Gasteiger partial charge in [-0.05, 0) is 35.8 Å². The smallest absolute Gasteiger partial charge is 0.266 e. The molecule has 2 N–H and O–H groups in total. The second-order valence-corrected chi connectivity index (χ2v) is 8.32. The van der Waals surface area contributed by atoms with Crippen LogP contribution in [0.15, 0.2) is 71.7 Å². The predicted octanol–water partition coefficient (Wildman–Crippen LogP) is 3.90.